The zero-order valence-corrected chi connectivity index (χ0v) is 12.2. The van der Waals surface area contributed by atoms with E-state index in [2.05, 4.69) is 20.9 Å². The minimum absolute atomic E-state index is 0.153. The third-order valence-corrected chi connectivity index (χ3v) is 3.20. The second kappa shape index (κ2) is 6.48. The molecule has 0 aliphatic rings. The van der Waals surface area contributed by atoms with E-state index in [1.54, 1.807) is 13.3 Å². The van der Waals surface area contributed by atoms with Crippen molar-refractivity contribution in [2.24, 2.45) is 0 Å². The molecule has 0 saturated heterocycles. The number of methoxy groups -OCH3 is 1. The number of hydrogen-bond acceptors (Lipinski definition) is 3. The lowest BCUT2D eigenvalue weighted by molar-refractivity contribution is -0.117. The lowest BCUT2D eigenvalue weighted by Gasteiger charge is -2.03. The highest BCUT2D eigenvalue weighted by Crippen LogP contribution is 2.13. The number of hydrogen-bond donors (Lipinski definition) is 0. The van der Waals surface area contributed by atoms with Crippen LogP contribution >= 0.6 is 15.9 Å². The van der Waals surface area contributed by atoms with Gasteiger partial charge < -0.3 is 4.74 Å². The van der Waals surface area contributed by atoms with E-state index in [9.17, 15) is 4.79 Å². The maximum absolute atomic E-state index is 11.9. The van der Waals surface area contributed by atoms with Gasteiger partial charge in [0.25, 0.3) is 0 Å². The van der Waals surface area contributed by atoms with E-state index in [-0.39, 0.29) is 5.78 Å². The van der Waals surface area contributed by atoms with Crippen molar-refractivity contribution in [3.63, 3.8) is 0 Å². The first-order valence-corrected chi connectivity index (χ1v) is 6.72. The molecule has 0 bridgehead atoms. The van der Waals surface area contributed by atoms with Crippen LogP contribution in [0.25, 0.3) is 0 Å². The van der Waals surface area contributed by atoms with E-state index < -0.39 is 0 Å². The van der Waals surface area contributed by atoms with Crippen molar-refractivity contribution >= 4 is 21.7 Å². The van der Waals surface area contributed by atoms with Gasteiger partial charge in [-0.1, -0.05) is 12.1 Å². The summed E-state index contributed by atoms with van der Waals surface area (Å²) < 4.78 is 6.00. The summed E-state index contributed by atoms with van der Waals surface area (Å²) in [4.78, 5) is 16.1. The van der Waals surface area contributed by atoms with E-state index in [1.165, 1.54) is 0 Å². The van der Waals surface area contributed by atoms with E-state index in [4.69, 9.17) is 4.74 Å². The Morgan fingerprint density at radius 1 is 1.16 bits per heavy atom. The van der Waals surface area contributed by atoms with E-state index in [1.807, 2.05) is 36.4 Å². The fraction of sp³-hybridized carbons (Fsp3) is 0.200. The molecule has 0 saturated carbocycles. The van der Waals surface area contributed by atoms with Gasteiger partial charge in [-0.25, -0.2) is 0 Å². The number of halogens is 1. The lowest BCUT2D eigenvalue weighted by Crippen LogP contribution is -2.07. The van der Waals surface area contributed by atoms with Crippen LogP contribution in [-0.2, 0) is 17.6 Å². The predicted molar refractivity (Wildman–Crippen MR) is 77.3 cm³/mol. The summed E-state index contributed by atoms with van der Waals surface area (Å²) in [6.07, 6.45) is 2.48. The van der Waals surface area contributed by atoms with Gasteiger partial charge in [-0.2, -0.15) is 0 Å². The maximum atomic E-state index is 11.9. The monoisotopic (exact) mass is 319 g/mol. The number of pyridine rings is 1. The number of carbonyl (C=O) groups excluding carboxylic acids is 1. The van der Waals surface area contributed by atoms with Crippen LogP contribution in [0.4, 0.5) is 0 Å². The average Bonchev–Trinajstić information content (AvgIpc) is 2.42. The Balaban J connectivity index is 1.95. The van der Waals surface area contributed by atoms with Gasteiger partial charge >= 0.3 is 0 Å². The van der Waals surface area contributed by atoms with Crippen molar-refractivity contribution in [3.05, 3.63) is 58.3 Å². The third-order valence-electron chi connectivity index (χ3n) is 2.73. The molecule has 0 aliphatic heterocycles. The number of aromatic nitrogens is 1. The molecule has 0 fully saturated rings. The van der Waals surface area contributed by atoms with Crippen LogP contribution in [0.15, 0.2) is 47.1 Å². The van der Waals surface area contributed by atoms with Gasteiger partial charge in [0, 0.05) is 29.2 Å². The Hall–Kier alpha value is -1.68. The Kier molecular flexibility index (Phi) is 4.68. The molecule has 98 valence electrons. The zero-order chi connectivity index (χ0) is 13.7. The van der Waals surface area contributed by atoms with Gasteiger partial charge in [0.05, 0.1) is 7.11 Å². The fourth-order valence-corrected chi connectivity index (χ4v) is 1.98. The number of nitrogens with zero attached hydrogens (tertiary/aromatic N) is 1. The number of ether oxygens (including phenoxy) is 1. The second-order valence-electron chi connectivity index (χ2n) is 4.21. The highest BCUT2D eigenvalue weighted by atomic mass is 79.9. The second-order valence-corrected chi connectivity index (χ2v) is 5.12. The Bertz CT molecular complexity index is 549. The molecule has 2 aromatic rings. The van der Waals surface area contributed by atoms with Crippen molar-refractivity contribution in [2.75, 3.05) is 7.11 Å². The van der Waals surface area contributed by atoms with E-state index >= 15 is 0 Å². The van der Waals surface area contributed by atoms with Gasteiger partial charge in [-0.05, 0) is 45.8 Å². The maximum Gasteiger partial charge on any atom is 0.143 e. The molecule has 2 rings (SSSR count). The van der Waals surface area contributed by atoms with E-state index in [0.717, 1.165) is 21.5 Å². The summed E-state index contributed by atoms with van der Waals surface area (Å²) in [5, 5.41) is 0. The van der Waals surface area contributed by atoms with Crippen LogP contribution in [0, 0.1) is 0 Å². The standard InChI is InChI=1S/C15H14BrNO2/c1-19-15-6-2-11(3-7-15)8-14(18)9-13-5-4-12(16)10-17-13/h2-7,10H,8-9H2,1H3. The molecule has 0 N–H and O–H groups in total. The SMILES string of the molecule is COc1ccc(CC(=O)Cc2ccc(Br)cn2)cc1. The number of carbonyl (C=O) groups is 1. The minimum Gasteiger partial charge on any atom is -0.497 e. The van der Waals surface area contributed by atoms with Crippen LogP contribution in [0.5, 0.6) is 5.75 Å². The summed E-state index contributed by atoms with van der Waals surface area (Å²) in [6.45, 7) is 0. The lowest BCUT2D eigenvalue weighted by atomic mass is 10.1. The summed E-state index contributed by atoms with van der Waals surface area (Å²) in [5.74, 6) is 0.950. The molecule has 3 nitrogen and oxygen atoms in total. The molecule has 1 aromatic heterocycles. The first-order valence-electron chi connectivity index (χ1n) is 5.92. The fourth-order valence-electron chi connectivity index (χ4n) is 1.75. The van der Waals surface area contributed by atoms with Crippen molar-refractivity contribution in [1.29, 1.82) is 0 Å². The third kappa shape index (κ3) is 4.17. The van der Waals surface area contributed by atoms with Gasteiger partial charge in [0.15, 0.2) is 0 Å². The molecular formula is C15H14BrNO2. The van der Waals surface area contributed by atoms with Crippen LogP contribution in [0.2, 0.25) is 0 Å². The predicted octanol–water partition coefficient (Wildman–Crippen LogP) is 3.21. The Morgan fingerprint density at radius 2 is 1.89 bits per heavy atom. The smallest absolute Gasteiger partial charge is 0.143 e. The normalized spacial score (nSPS) is 10.2. The minimum atomic E-state index is 0.153. The zero-order valence-electron chi connectivity index (χ0n) is 10.6. The summed E-state index contributed by atoms with van der Waals surface area (Å²) in [7, 11) is 1.62. The van der Waals surface area contributed by atoms with Crippen molar-refractivity contribution in [3.8, 4) is 5.75 Å². The number of Topliss-reactive ketones (excluding diaryl/α,β-unsaturated/α-hetero) is 1. The van der Waals surface area contributed by atoms with Crippen LogP contribution in [0.1, 0.15) is 11.3 Å². The summed E-state index contributed by atoms with van der Waals surface area (Å²) >= 11 is 3.32. The molecule has 0 unspecified atom stereocenters. The number of rotatable bonds is 5. The summed E-state index contributed by atoms with van der Waals surface area (Å²) in [5.41, 5.74) is 1.78. The van der Waals surface area contributed by atoms with Crippen LogP contribution < -0.4 is 4.74 Å². The highest BCUT2D eigenvalue weighted by molar-refractivity contribution is 9.10. The molecule has 0 amide bonds. The molecule has 0 spiro atoms. The molecule has 1 aromatic carbocycles. The van der Waals surface area contributed by atoms with Crippen molar-refractivity contribution in [1.82, 2.24) is 4.98 Å². The van der Waals surface area contributed by atoms with Gasteiger partial charge in [-0.3, -0.25) is 9.78 Å². The molecular weight excluding hydrogens is 306 g/mol. The Labute approximate surface area is 120 Å². The Morgan fingerprint density at radius 3 is 2.47 bits per heavy atom. The highest BCUT2D eigenvalue weighted by Gasteiger charge is 2.06. The number of benzene rings is 1. The first kappa shape index (κ1) is 13.7. The topological polar surface area (TPSA) is 39.2 Å². The van der Waals surface area contributed by atoms with Gasteiger partial charge in [-0.15, -0.1) is 0 Å². The van der Waals surface area contributed by atoms with Gasteiger partial charge in [0.2, 0.25) is 0 Å². The van der Waals surface area contributed by atoms with Crippen molar-refractivity contribution in [2.45, 2.75) is 12.8 Å². The van der Waals surface area contributed by atoms with Gasteiger partial charge in [0.1, 0.15) is 11.5 Å². The molecule has 19 heavy (non-hydrogen) atoms. The first-order chi connectivity index (χ1) is 9.17. The van der Waals surface area contributed by atoms with E-state index in [0.29, 0.717) is 12.8 Å². The molecule has 0 radical (unpaired) electrons. The van der Waals surface area contributed by atoms with Crippen LogP contribution in [-0.4, -0.2) is 17.9 Å². The van der Waals surface area contributed by atoms with Crippen LogP contribution in [0.3, 0.4) is 0 Å². The largest absolute Gasteiger partial charge is 0.497 e. The summed E-state index contributed by atoms with van der Waals surface area (Å²) in [6, 6.07) is 11.3. The van der Waals surface area contributed by atoms with Crippen molar-refractivity contribution < 1.29 is 9.53 Å². The molecule has 1 heterocycles. The molecule has 0 atom stereocenters. The average molecular weight is 320 g/mol. The molecule has 0 aliphatic carbocycles. The quantitative estimate of drug-likeness (QED) is 0.849. The number of ketones is 1. The molecule has 4 heteroatoms.